The predicted octanol–water partition coefficient (Wildman–Crippen LogP) is 1.73. The van der Waals surface area contributed by atoms with Gasteiger partial charge in [0.05, 0.1) is 0 Å². The minimum Gasteiger partial charge on any atom is -0.478 e. The largest absolute Gasteiger partial charge is 0.478 e. The molecule has 7 heteroatoms. The molecule has 0 radical (unpaired) electrons. The molecule has 0 aliphatic carbocycles. The van der Waals surface area contributed by atoms with Gasteiger partial charge in [-0.3, -0.25) is 10.1 Å². The molecule has 2 rings (SSSR count). The van der Waals surface area contributed by atoms with E-state index in [1.54, 1.807) is 31.2 Å². The van der Waals surface area contributed by atoms with Gasteiger partial charge in [0.2, 0.25) is 5.89 Å². The zero-order valence-corrected chi connectivity index (χ0v) is 10.5. The second-order valence-corrected chi connectivity index (χ2v) is 3.88. The van der Waals surface area contributed by atoms with Gasteiger partial charge in [-0.2, -0.15) is 0 Å². The topological polar surface area (TPSA) is 105 Å². The molecule has 1 aromatic carbocycles. The molecule has 2 aromatic rings. The van der Waals surface area contributed by atoms with Crippen LogP contribution in [0.1, 0.15) is 21.8 Å². The van der Waals surface area contributed by atoms with Crippen molar-refractivity contribution in [2.75, 3.05) is 5.32 Å². The van der Waals surface area contributed by atoms with Gasteiger partial charge in [-0.1, -0.05) is 17.2 Å². The summed E-state index contributed by atoms with van der Waals surface area (Å²) in [6.45, 7) is 1.61. The molecule has 102 valence electrons. The highest BCUT2D eigenvalue weighted by molar-refractivity contribution is 6.03. The van der Waals surface area contributed by atoms with Crippen molar-refractivity contribution in [2.24, 2.45) is 0 Å². The maximum absolute atomic E-state index is 11.9. The minimum absolute atomic E-state index is 0.0129. The van der Waals surface area contributed by atoms with Gasteiger partial charge in [0.1, 0.15) is 0 Å². The summed E-state index contributed by atoms with van der Waals surface area (Å²) in [7, 11) is 0. The lowest BCUT2D eigenvalue weighted by Gasteiger charge is -2.01. The van der Waals surface area contributed by atoms with Crippen LogP contribution in [-0.2, 0) is 4.79 Å². The minimum atomic E-state index is -1.05. The summed E-state index contributed by atoms with van der Waals surface area (Å²) in [6.07, 6.45) is 2.40. The van der Waals surface area contributed by atoms with E-state index in [1.165, 1.54) is 6.08 Å². The third kappa shape index (κ3) is 3.52. The number of carbonyl (C=O) groups is 2. The molecule has 1 aromatic heterocycles. The average Bonchev–Trinajstić information content (AvgIpc) is 2.82. The van der Waals surface area contributed by atoms with Crippen LogP contribution in [0, 0.1) is 6.92 Å². The Balaban J connectivity index is 2.14. The van der Waals surface area contributed by atoms with Gasteiger partial charge in [-0.25, -0.2) is 4.79 Å². The van der Waals surface area contributed by atoms with Crippen LogP contribution >= 0.6 is 0 Å². The van der Waals surface area contributed by atoms with Gasteiger partial charge < -0.3 is 9.52 Å². The van der Waals surface area contributed by atoms with E-state index in [-0.39, 0.29) is 6.01 Å². The number of carboxylic acid groups (broad SMARTS) is 1. The van der Waals surface area contributed by atoms with E-state index in [1.807, 2.05) is 0 Å². The van der Waals surface area contributed by atoms with Gasteiger partial charge in [0.15, 0.2) is 0 Å². The van der Waals surface area contributed by atoms with Gasteiger partial charge in [0, 0.05) is 18.6 Å². The van der Waals surface area contributed by atoms with Gasteiger partial charge >= 0.3 is 12.0 Å². The number of anilines is 1. The number of rotatable bonds is 4. The van der Waals surface area contributed by atoms with Crippen molar-refractivity contribution in [2.45, 2.75) is 6.92 Å². The van der Waals surface area contributed by atoms with Crippen LogP contribution in [0.5, 0.6) is 0 Å². The maximum Gasteiger partial charge on any atom is 0.328 e. The fourth-order valence-corrected chi connectivity index (χ4v) is 1.47. The number of nitrogens with one attached hydrogen (secondary N) is 1. The summed E-state index contributed by atoms with van der Waals surface area (Å²) in [5, 5.41) is 18.3. The lowest BCUT2D eigenvalue weighted by molar-refractivity contribution is -0.131. The highest BCUT2D eigenvalue weighted by Gasteiger charge is 2.10. The molecule has 2 N–H and O–H groups in total. The Morgan fingerprint density at radius 1 is 1.35 bits per heavy atom. The van der Waals surface area contributed by atoms with Crippen molar-refractivity contribution in [1.29, 1.82) is 0 Å². The number of aryl methyl sites for hydroxylation is 1. The first kappa shape index (κ1) is 13.5. The van der Waals surface area contributed by atoms with Crippen molar-refractivity contribution in [3.8, 4) is 0 Å². The highest BCUT2D eigenvalue weighted by Crippen LogP contribution is 2.10. The Bertz CT molecular complexity index is 676. The molecule has 7 nitrogen and oxygen atoms in total. The maximum atomic E-state index is 11.9. The summed E-state index contributed by atoms with van der Waals surface area (Å²) in [4.78, 5) is 22.4. The first-order valence-corrected chi connectivity index (χ1v) is 5.67. The van der Waals surface area contributed by atoms with E-state index in [0.29, 0.717) is 17.0 Å². The third-order valence-electron chi connectivity index (χ3n) is 2.31. The molecule has 20 heavy (non-hydrogen) atoms. The molecule has 0 saturated carbocycles. The summed E-state index contributed by atoms with van der Waals surface area (Å²) in [5.74, 6) is -1.13. The molecule has 1 heterocycles. The van der Waals surface area contributed by atoms with Gasteiger partial charge in [0.25, 0.3) is 5.91 Å². The lowest BCUT2D eigenvalue weighted by atomic mass is 10.1. The van der Waals surface area contributed by atoms with Crippen LogP contribution in [0.15, 0.2) is 34.8 Å². The lowest BCUT2D eigenvalue weighted by Crippen LogP contribution is -2.12. The summed E-state index contributed by atoms with van der Waals surface area (Å²) in [6, 6.07) is 6.50. The molecule has 0 spiro atoms. The molecule has 0 aliphatic rings. The van der Waals surface area contributed by atoms with Gasteiger partial charge in [-0.15, -0.1) is 5.10 Å². The Kier molecular flexibility index (Phi) is 3.90. The van der Waals surface area contributed by atoms with Gasteiger partial charge in [-0.05, 0) is 23.8 Å². The van der Waals surface area contributed by atoms with Crippen LogP contribution in [0.2, 0.25) is 0 Å². The van der Waals surface area contributed by atoms with E-state index in [2.05, 4.69) is 15.5 Å². The Morgan fingerprint density at radius 3 is 2.80 bits per heavy atom. The quantitative estimate of drug-likeness (QED) is 0.822. The second-order valence-electron chi connectivity index (χ2n) is 3.88. The number of nitrogens with zero attached hydrogens (tertiary/aromatic N) is 2. The fourth-order valence-electron chi connectivity index (χ4n) is 1.47. The van der Waals surface area contributed by atoms with Crippen LogP contribution in [0.25, 0.3) is 6.08 Å². The van der Waals surface area contributed by atoms with E-state index >= 15 is 0 Å². The molecular weight excluding hydrogens is 262 g/mol. The van der Waals surface area contributed by atoms with Crippen LogP contribution < -0.4 is 5.32 Å². The highest BCUT2D eigenvalue weighted by atomic mass is 16.4. The van der Waals surface area contributed by atoms with Crippen molar-refractivity contribution >= 4 is 24.0 Å². The number of aromatic nitrogens is 2. The Hall–Kier alpha value is -2.96. The first-order valence-electron chi connectivity index (χ1n) is 5.67. The molecule has 0 aliphatic heterocycles. The Labute approximate surface area is 113 Å². The zero-order valence-electron chi connectivity index (χ0n) is 10.5. The van der Waals surface area contributed by atoms with E-state index in [0.717, 1.165) is 6.08 Å². The SMILES string of the molecule is Cc1nnc(NC(=O)c2cccc(/C=C/C(=O)O)c2)o1. The average molecular weight is 273 g/mol. The van der Waals surface area contributed by atoms with E-state index in [9.17, 15) is 9.59 Å². The smallest absolute Gasteiger partial charge is 0.328 e. The zero-order chi connectivity index (χ0) is 14.5. The van der Waals surface area contributed by atoms with Crippen molar-refractivity contribution in [1.82, 2.24) is 10.2 Å². The number of carboxylic acids is 1. The molecule has 0 atom stereocenters. The number of aliphatic carboxylic acids is 1. The predicted molar refractivity (Wildman–Crippen MR) is 70.1 cm³/mol. The van der Waals surface area contributed by atoms with Crippen molar-refractivity contribution < 1.29 is 19.1 Å². The summed E-state index contributed by atoms with van der Waals surface area (Å²) in [5.41, 5.74) is 0.954. The molecule has 0 unspecified atom stereocenters. The molecule has 0 saturated heterocycles. The normalized spacial score (nSPS) is 10.7. The number of carbonyl (C=O) groups excluding carboxylic acids is 1. The van der Waals surface area contributed by atoms with E-state index < -0.39 is 11.9 Å². The van der Waals surface area contributed by atoms with Crippen LogP contribution in [0.3, 0.4) is 0 Å². The first-order chi connectivity index (χ1) is 9.54. The molecular formula is C13H11N3O4. The summed E-state index contributed by atoms with van der Waals surface area (Å²) >= 11 is 0. The van der Waals surface area contributed by atoms with Crippen molar-refractivity contribution in [3.05, 3.63) is 47.4 Å². The number of hydrogen-bond acceptors (Lipinski definition) is 5. The third-order valence-corrected chi connectivity index (χ3v) is 2.31. The molecule has 0 fully saturated rings. The fraction of sp³-hybridized carbons (Fsp3) is 0.0769. The second kappa shape index (κ2) is 5.79. The monoisotopic (exact) mass is 273 g/mol. The molecule has 0 bridgehead atoms. The van der Waals surface area contributed by atoms with Crippen molar-refractivity contribution in [3.63, 3.8) is 0 Å². The van der Waals surface area contributed by atoms with Crippen LogP contribution in [0.4, 0.5) is 6.01 Å². The Morgan fingerprint density at radius 2 is 2.15 bits per heavy atom. The number of hydrogen-bond donors (Lipinski definition) is 2. The van der Waals surface area contributed by atoms with Crippen LogP contribution in [-0.4, -0.2) is 27.2 Å². The standard InChI is InChI=1S/C13H11N3O4/c1-8-15-16-13(20-8)14-12(19)10-4-2-3-9(7-10)5-6-11(17)18/h2-7H,1H3,(H,17,18)(H,14,16,19)/b6-5+. The molecule has 1 amide bonds. The number of amides is 1. The summed E-state index contributed by atoms with van der Waals surface area (Å²) < 4.78 is 5.04. The number of benzene rings is 1. The van der Waals surface area contributed by atoms with E-state index in [4.69, 9.17) is 9.52 Å².